The highest BCUT2D eigenvalue weighted by molar-refractivity contribution is 7.80. The summed E-state index contributed by atoms with van der Waals surface area (Å²) < 4.78 is 5.25. The highest BCUT2D eigenvalue weighted by Crippen LogP contribution is 2.17. The van der Waals surface area contributed by atoms with Crippen molar-refractivity contribution in [2.24, 2.45) is 5.73 Å². The second-order valence-corrected chi connectivity index (χ2v) is 6.03. The normalized spacial score (nSPS) is 17.2. The third kappa shape index (κ3) is 4.68. The first-order chi connectivity index (χ1) is 9.39. The number of amides is 1. The molecule has 0 unspecified atom stereocenters. The van der Waals surface area contributed by atoms with Crippen LogP contribution in [0.1, 0.15) is 33.6 Å². The first-order valence-corrected chi connectivity index (χ1v) is 7.71. The van der Waals surface area contributed by atoms with E-state index in [-0.39, 0.29) is 11.4 Å². The van der Waals surface area contributed by atoms with Gasteiger partial charge in [0.25, 0.3) is 0 Å². The molecule has 0 aromatic rings. The largest absolute Gasteiger partial charge is 0.392 e. The van der Waals surface area contributed by atoms with Gasteiger partial charge in [0.05, 0.1) is 10.5 Å². The Balaban J connectivity index is 2.35. The van der Waals surface area contributed by atoms with Gasteiger partial charge in [-0.05, 0) is 27.2 Å². The predicted molar refractivity (Wildman–Crippen MR) is 84.7 cm³/mol. The van der Waals surface area contributed by atoms with Gasteiger partial charge in [0.2, 0.25) is 5.91 Å². The zero-order valence-electron chi connectivity index (χ0n) is 12.9. The fourth-order valence-corrected chi connectivity index (χ4v) is 2.43. The lowest BCUT2D eigenvalue weighted by molar-refractivity contribution is -0.133. The summed E-state index contributed by atoms with van der Waals surface area (Å²) in [6.07, 6.45) is 1.37. The maximum atomic E-state index is 12.1. The monoisotopic (exact) mass is 301 g/mol. The Bertz CT molecular complexity index is 339. The zero-order chi connectivity index (χ0) is 15.2. The van der Waals surface area contributed by atoms with Crippen LogP contribution in [0, 0.1) is 0 Å². The minimum atomic E-state index is -0.278. The number of nitrogens with two attached hydrogens (primary N) is 1. The maximum Gasteiger partial charge on any atom is 0.222 e. The first-order valence-electron chi connectivity index (χ1n) is 7.30. The molecule has 0 aromatic carbocycles. The molecule has 1 aliphatic rings. The molecule has 0 bridgehead atoms. The lowest BCUT2D eigenvalue weighted by atomic mass is 10.0. The molecule has 5 nitrogen and oxygen atoms in total. The number of thiocarbonyl (C=S) groups is 1. The van der Waals surface area contributed by atoms with E-state index in [9.17, 15) is 4.79 Å². The summed E-state index contributed by atoms with van der Waals surface area (Å²) in [5.41, 5.74) is 5.51. The number of ether oxygens (including phenoxy) is 1. The predicted octanol–water partition coefficient (Wildman–Crippen LogP) is 1.01. The van der Waals surface area contributed by atoms with Gasteiger partial charge in [-0.1, -0.05) is 12.2 Å². The average Bonchev–Trinajstić information content (AvgIpc) is 2.43. The van der Waals surface area contributed by atoms with E-state index in [4.69, 9.17) is 22.7 Å². The number of carbonyl (C=O) groups is 1. The molecule has 1 amide bonds. The van der Waals surface area contributed by atoms with Gasteiger partial charge in [-0.3, -0.25) is 9.69 Å². The number of hydrogen-bond donors (Lipinski definition) is 1. The van der Waals surface area contributed by atoms with Gasteiger partial charge in [-0.25, -0.2) is 0 Å². The maximum absolute atomic E-state index is 12.1. The molecule has 0 atom stereocenters. The zero-order valence-corrected chi connectivity index (χ0v) is 13.7. The molecular formula is C14H27N3O2S. The van der Waals surface area contributed by atoms with Crippen LogP contribution >= 0.6 is 12.2 Å². The quantitative estimate of drug-likeness (QED) is 0.562. The fraction of sp³-hybridized carbons (Fsp3) is 0.857. The van der Waals surface area contributed by atoms with E-state index in [0.29, 0.717) is 24.6 Å². The molecule has 1 fully saturated rings. The van der Waals surface area contributed by atoms with Crippen molar-refractivity contribution in [3.8, 4) is 0 Å². The van der Waals surface area contributed by atoms with Gasteiger partial charge in [-0.15, -0.1) is 0 Å². The molecule has 1 aliphatic heterocycles. The van der Waals surface area contributed by atoms with Crippen LogP contribution in [0.3, 0.4) is 0 Å². The van der Waals surface area contributed by atoms with Crippen LogP contribution < -0.4 is 5.73 Å². The molecule has 0 aromatic heterocycles. The van der Waals surface area contributed by atoms with Crippen LogP contribution in [0.5, 0.6) is 0 Å². The van der Waals surface area contributed by atoms with Crippen LogP contribution in [0.2, 0.25) is 0 Å². The second-order valence-electron chi connectivity index (χ2n) is 5.59. The van der Waals surface area contributed by atoms with E-state index in [1.165, 1.54) is 0 Å². The molecule has 1 heterocycles. The van der Waals surface area contributed by atoms with Crippen LogP contribution in [0.4, 0.5) is 0 Å². The molecule has 116 valence electrons. The lowest BCUT2D eigenvalue weighted by Crippen LogP contribution is -2.59. The number of rotatable bonds is 7. The smallest absolute Gasteiger partial charge is 0.222 e. The van der Waals surface area contributed by atoms with Crippen molar-refractivity contribution in [2.75, 3.05) is 39.4 Å². The Morgan fingerprint density at radius 3 is 2.40 bits per heavy atom. The Kier molecular flexibility index (Phi) is 6.85. The van der Waals surface area contributed by atoms with Gasteiger partial charge in [-0.2, -0.15) is 0 Å². The Hall–Kier alpha value is -0.720. The first kappa shape index (κ1) is 17.3. The standard InChI is InChI=1S/C14H27N3O2S/c1-4-19-11-5-6-12(18)16-7-9-17(10-8-16)14(2,3)13(15)20/h4-11H2,1-3H3,(H2,15,20). The molecule has 0 saturated carbocycles. The van der Waals surface area contributed by atoms with Crippen molar-refractivity contribution in [2.45, 2.75) is 39.2 Å². The third-order valence-electron chi connectivity index (χ3n) is 3.91. The summed E-state index contributed by atoms with van der Waals surface area (Å²) in [5.74, 6) is 0.220. The Morgan fingerprint density at radius 1 is 1.30 bits per heavy atom. The molecule has 0 aliphatic carbocycles. The third-order valence-corrected chi connectivity index (χ3v) is 4.41. The molecule has 0 radical (unpaired) electrons. The molecular weight excluding hydrogens is 274 g/mol. The van der Waals surface area contributed by atoms with E-state index in [2.05, 4.69) is 4.90 Å². The van der Waals surface area contributed by atoms with Gasteiger partial charge in [0.1, 0.15) is 0 Å². The summed E-state index contributed by atoms with van der Waals surface area (Å²) in [7, 11) is 0. The van der Waals surface area contributed by atoms with Crippen molar-refractivity contribution >= 4 is 23.1 Å². The van der Waals surface area contributed by atoms with Crippen LogP contribution in [0.15, 0.2) is 0 Å². The summed E-state index contributed by atoms with van der Waals surface area (Å²) in [6.45, 7) is 10.5. The highest BCUT2D eigenvalue weighted by atomic mass is 32.1. The van der Waals surface area contributed by atoms with Crippen molar-refractivity contribution < 1.29 is 9.53 Å². The minimum absolute atomic E-state index is 0.220. The lowest BCUT2D eigenvalue weighted by Gasteiger charge is -2.43. The number of piperazine rings is 1. The molecule has 1 saturated heterocycles. The van der Waals surface area contributed by atoms with E-state index >= 15 is 0 Å². The summed E-state index contributed by atoms with van der Waals surface area (Å²) in [6, 6.07) is 0. The summed E-state index contributed by atoms with van der Waals surface area (Å²) in [4.78, 5) is 16.7. The topological polar surface area (TPSA) is 58.8 Å². The number of hydrogen-bond acceptors (Lipinski definition) is 4. The molecule has 1 rings (SSSR count). The molecule has 20 heavy (non-hydrogen) atoms. The van der Waals surface area contributed by atoms with Crippen molar-refractivity contribution in [3.63, 3.8) is 0 Å². The van der Waals surface area contributed by atoms with Crippen LogP contribution in [-0.2, 0) is 9.53 Å². The fourth-order valence-electron chi connectivity index (χ4n) is 2.30. The van der Waals surface area contributed by atoms with Crippen LogP contribution in [0.25, 0.3) is 0 Å². The molecule has 2 N–H and O–H groups in total. The highest BCUT2D eigenvalue weighted by Gasteiger charge is 2.33. The van der Waals surface area contributed by atoms with Gasteiger partial charge in [0.15, 0.2) is 0 Å². The Labute approximate surface area is 127 Å². The summed E-state index contributed by atoms with van der Waals surface area (Å²) >= 11 is 5.12. The van der Waals surface area contributed by atoms with Gasteiger partial charge >= 0.3 is 0 Å². The summed E-state index contributed by atoms with van der Waals surface area (Å²) in [5, 5.41) is 0. The van der Waals surface area contributed by atoms with E-state index in [1.807, 2.05) is 25.7 Å². The SMILES string of the molecule is CCOCCCC(=O)N1CCN(C(C)(C)C(N)=S)CC1. The molecule has 0 spiro atoms. The van der Waals surface area contributed by atoms with Gasteiger partial charge < -0.3 is 15.4 Å². The van der Waals surface area contributed by atoms with Crippen molar-refractivity contribution in [1.29, 1.82) is 0 Å². The van der Waals surface area contributed by atoms with E-state index in [1.54, 1.807) is 0 Å². The molecule has 6 heteroatoms. The van der Waals surface area contributed by atoms with Gasteiger partial charge in [0, 0.05) is 45.8 Å². The van der Waals surface area contributed by atoms with E-state index < -0.39 is 0 Å². The Morgan fingerprint density at radius 2 is 1.90 bits per heavy atom. The van der Waals surface area contributed by atoms with Crippen molar-refractivity contribution in [1.82, 2.24) is 9.80 Å². The average molecular weight is 301 g/mol. The van der Waals surface area contributed by atoms with Crippen molar-refractivity contribution in [3.05, 3.63) is 0 Å². The number of nitrogens with zero attached hydrogens (tertiary/aromatic N) is 2. The van der Waals surface area contributed by atoms with E-state index in [0.717, 1.165) is 32.6 Å². The second kappa shape index (κ2) is 7.90. The minimum Gasteiger partial charge on any atom is -0.392 e. The number of carbonyl (C=O) groups excluding carboxylic acids is 1. The van der Waals surface area contributed by atoms with Crippen LogP contribution in [-0.4, -0.2) is 65.6 Å².